The van der Waals surface area contributed by atoms with E-state index in [9.17, 15) is 13.6 Å². The lowest BCUT2D eigenvalue weighted by atomic mass is 10.1. The third kappa shape index (κ3) is 2.06. The minimum absolute atomic E-state index is 0.0214. The summed E-state index contributed by atoms with van der Waals surface area (Å²) in [5, 5.41) is 9.47. The van der Waals surface area contributed by atoms with E-state index in [0.717, 1.165) is 4.57 Å². The van der Waals surface area contributed by atoms with E-state index in [0.29, 0.717) is 16.5 Å². The van der Waals surface area contributed by atoms with E-state index in [1.54, 1.807) is 6.92 Å². The molecule has 2 aromatic rings. The van der Waals surface area contributed by atoms with Gasteiger partial charge in [0.05, 0.1) is 5.52 Å². The summed E-state index contributed by atoms with van der Waals surface area (Å²) in [5.74, 6) is 0.0214. The first-order valence-electron chi connectivity index (χ1n) is 4.79. The number of aromatic nitrogens is 1. The normalized spacial score (nSPS) is 11.1. The highest BCUT2D eigenvalue weighted by Crippen LogP contribution is 2.26. The quantitative estimate of drug-likeness (QED) is 0.878. The lowest BCUT2D eigenvalue weighted by Crippen LogP contribution is -2.07. The van der Waals surface area contributed by atoms with Crippen molar-refractivity contribution in [2.24, 2.45) is 0 Å². The lowest BCUT2D eigenvalue weighted by Gasteiger charge is -2.07. The van der Waals surface area contributed by atoms with Crippen LogP contribution in [0, 0.1) is 6.92 Å². The second kappa shape index (κ2) is 4.04. The highest BCUT2D eigenvalue weighted by atomic mass is 19.3. The fourth-order valence-corrected chi connectivity index (χ4v) is 1.79. The molecule has 90 valence electrons. The number of nitrogens with zero attached hydrogens (tertiary/aromatic N) is 1. The van der Waals surface area contributed by atoms with Crippen LogP contribution in [0.2, 0.25) is 0 Å². The summed E-state index contributed by atoms with van der Waals surface area (Å²) in [6, 6.07) is 4.30. The van der Waals surface area contributed by atoms with Crippen molar-refractivity contribution >= 4 is 17.0 Å². The summed E-state index contributed by atoms with van der Waals surface area (Å²) >= 11 is 0. The van der Waals surface area contributed by atoms with Crippen molar-refractivity contribution in [1.82, 2.24) is 4.57 Å². The Morgan fingerprint density at radius 3 is 2.76 bits per heavy atom. The summed E-state index contributed by atoms with van der Waals surface area (Å²) in [7, 11) is 0. The number of hydrogen-bond acceptors (Lipinski definition) is 2. The van der Waals surface area contributed by atoms with Crippen molar-refractivity contribution in [1.29, 1.82) is 0 Å². The van der Waals surface area contributed by atoms with Crippen molar-refractivity contribution < 1.29 is 23.4 Å². The van der Waals surface area contributed by atoms with E-state index in [1.807, 2.05) is 0 Å². The molecule has 0 aliphatic rings. The highest BCUT2D eigenvalue weighted by molar-refractivity contribution is 5.91. The van der Waals surface area contributed by atoms with Gasteiger partial charge in [-0.2, -0.15) is 8.78 Å². The minimum atomic E-state index is -2.89. The van der Waals surface area contributed by atoms with E-state index in [1.165, 1.54) is 24.4 Å². The Balaban J connectivity index is 2.57. The zero-order valence-electron chi connectivity index (χ0n) is 8.85. The first-order chi connectivity index (χ1) is 7.99. The summed E-state index contributed by atoms with van der Waals surface area (Å²) in [6.45, 7) is -1.26. The van der Waals surface area contributed by atoms with E-state index in [2.05, 4.69) is 4.74 Å². The Morgan fingerprint density at radius 2 is 2.18 bits per heavy atom. The fourth-order valence-electron chi connectivity index (χ4n) is 1.79. The number of rotatable bonds is 2. The molecule has 0 saturated carbocycles. The smallest absolute Gasteiger partial charge is 0.416 e. The number of benzene rings is 1. The van der Waals surface area contributed by atoms with E-state index in [-0.39, 0.29) is 5.75 Å². The number of aryl methyl sites for hydroxylation is 1. The predicted octanol–water partition coefficient (Wildman–Crippen LogP) is 3.08. The first-order valence-corrected chi connectivity index (χ1v) is 4.79. The van der Waals surface area contributed by atoms with Crippen LogP contribution in [0.1, 0.15) is 5.56 Å². The summed E-state index contributed by atoms with van der Waals surface area (Å²) in [6.07, 6.45) is 0.247. The number of halogens is 2. The number of alkyl halides is 2. The van der Waals surface area contributed by atoms with Gasteiger partial charge < -0.3 is 9.84 Å². The number of hydrogen-bond donors (Lipinski definition) is 1. The number of carbonyl (C=O) groups is 1. The average Bonchev–Trinajstić information content (AvgIpc) is 2.60. The average molecular weight is 241 g/mol. The van der Waals surface area contributed by atoms with Crippen LogP contribution >= 0.6 is 0 Å². The Hall–Kier alpha value is -2.11. The van der Waals surface area contributed by atoms with Gasteiger partial charge in [-0.15, -0.1) is 0 Å². The molecule has 6 heteroatoms. The molecule has 0 radical (unpaired) electrons. The first kappa shape index (κ1) is 11.4. The molecule has 0 aliphatic heterocycles. The van der Waals surface area contributed by atoms with Crippen molar-refractivity contribution in [2.75, 3.05) is 0 Å². The molecule has 4 nitrogen and oxygen atoms in total. The number of fused-ring (bicyclic) bond motifs is 1. The maximum absolute atomic E-state index is 12.1. The monoisotopic (exact) mass is 241 g/mol. The Labute approximate surface area is 95.0 Å². The maximum Gasteiger partial charge on any atom is 0.416 e. The lowest BCUT2D eigenvalue weighted by molar-refractivity contribution is -0.0497. The minimum Gasteiger partial charge on any atom is -0.464 e. The van der Waals surface area contributed by atoms with Gasteiger partial charge in [-0.25, -0.2) is 4.79 Å². The SMILES string of the molecule is Cc1cc(OC(F)F)cc2ccn(C(=O)O)c12. The second-order valence-corrected chi connectivity index (χ2v) is 3.52. The van der Waals surface area contributed by atoms with Crippen LogP contribution in [-0.2, 0) is 0 Å². The highest BCUT2D eigenvalue weighted by Gasteiger charge is 2.12. The molecule has 0 atom stereocenters. The van der Waals surface area contributed by atoms with Gasteiger partial charge in [0.25, 0.3) is 0 Å². The van der Waals surface area contributed by atoms with Gasteiger partial charge in [-0.3, -0.25) is 4.57 Å². The van der Waals surface area contributed by atoms with E-state index >= 15 is 0 Å². The van der Waals surface area contributed by atoms with Crippen LogP contribution in [0.4, 0.5) is 13.6 Å². The van der Waals surface area contributed by atoms with Crippen LogP contribution in [0.3, 0.4) is 0 Å². The zero-order valence-corrected chi connectivity index (χ0v) is 8.85. The van der Waals surface area contributed by atoms with E-state index in [4.69, 9.17) is 5.11 Å². The van der Waals surface area contributed by atoms with Crippen molar-refractivity contribution in [2.45, 2.75) is 13.5 Å². The van der Waals surface area contributed by atoms with Crippen molar-refractivity contribution in [3.63, 3.8) is 0 Å². The van der Waals surface area contributed by atoms with Gasteiger partial charge in [0.1, 0.15) is 5.75 Å². The topological polar surface area (TPSA) is 51.5 Å². The summed E-state index contributed by atoms with van der Waals surface area (Å²) in [5.41, 5.74) is 1.03. The number of ether oxygens (including phenoxy) is 1. The molecule has 0 saturated heterocycles. The fraction of sp³-hybridized carbons (Fsp3) is 0.182. The van der Waals surface area contributed by atoms with Gasteiger partial charge in [0.2, 0.25) is 0 Å². The Morgan fingerprint density at radius 1 is 1.47 bits per heavy atom. The summed E-state index contributed by atoms with van der Waals surface area (Å²) in [4.78, 5) is 10.9. The van der Waals surface area contributed by atoms with Crippen LogP contribution in [-0.4, -0.2) is 22.4 Å². The molecule has 0 fully saturated rings. The summed E-state index contributed by atoms with van der Waals surface area (Å²) < 4.78 is 29.4. The molecule has 1 aromatic carbocycles. The zero-order chi connectivity index (χ0) is 12.6. The van der Waals surface area contributed by atoms with Gasteiger partial charge >= 0.3 is 12.7 Å². The molecule has 1 aromatic heterocycles. The van der Waals surface area contributed by atoms with Crippen LogP contribution < -0.4 is 4.74 Å². The molecule has 0 unspecified atom stereocenters. The third-order valence-corrected chi connectivity index (χ3v) is 2.38. The van der Waals surface area contributed by atoms with E-state index < -0.39 is 12.7 Å². The van der Waals surface area contributed by atoms with Gasteiger partial charge in [-0.05, 0) is 30.7 Å². The largest absolute Gasteiger partial charge is 0.464 e. The van der Waals surface area contributed by atoms with Gasteiger partial charge in [0.15, 0.2) is 0 Å². The molecule has 17 heavy (non-hydrogen) atoms. The Bertz CT molecular complexity index is 577. The van der Waals surface area contributed by atoms with Gasteiger partial charge in [0, 0.05) is 11.6 Å². The third-order valence-electron chi connectivity index (χ3n) is 2.38. The van der Waals surface area contributed by atoms with Crippen LogP contribution in [0.25, 0.3) is 10.9 Å². The molecular weight excluding hydrogens is 232 g/mol. The molecule has 0 spiro atoms. The predicted molar refractivity (Wildman–Crippen MR) is 56.7 cm³/mol. The van der Waals surface area contributed by atoms with Crippen LogP contribution in [0.5, 0.6) is 5.75 Å². The van der Waals surface area contributed by atoms with Gasteiger partial charge in [-0.1, -0.05) is 0 Å². The Kier molecular flexibility index (Phi) is 2.71. The van der Waals surface area contributed by atoms with Crippen molar-refractivity contribution in [3.8, 4) is 5.75 Å². The van der Waals surface area contributed by atoms with Crippen molar-refractivity contribution in [3.05, 3.63) is 30.0 Å². The molecule has 1 heterocycles. The number of carboxylic acid groups (broad SMARTS) is 1. The molecule has 1 N–H and O–H groups in total. The second-order valence-electron chi connectivity index (χ2n) is 3.52. The maximum atomic E-state index is 12.1. The molecular formula is C11H9F2NO3. The molecule has 0 aliphatic carbocycles. The molecule has 2 rings (SSSR count). The standard InChI is InChI=1S/C11H9F2NO3/c1-6-4-8(17-10(12)13)5-7-2-3-14(9(6)7)11(15)16/h2-5,10H,1H3,(H,15,16). The van der Waals surface area contributed by atoms with Crippen LogP contribution in [0.15, 0.2) is 24.4 Å². The molecule has 0 bridgehead atoms. The molecule has 0 amide bonds.